The van der Waals surface area contributed by atoms with E-state index in [0.29, 0.717) is 32.6 Å². The van der Waals surface area contributed by atoms with E-state index in [0.717, 1.165) is 24.4 Å². The minimum Gasteiger partial charge on any atom is -0.496 e. The van der Waals surface area contributed by atoms with Crippen LogP contribution < -0.4 is 15.8 Å². The molecule has 0 radical (unpaired) electrons. The third-order valence-electron chi connectivity index (χ3n) is 5.37. The minimum absolute atomic E-state index is 0.0742. The van der Waals surface area contributed by atoms with Crippen LogP contribution in [0.25, 0.3) is 0 Å². The molecule has 0 spiro atoms. The van der Waals surface area contributed by atoms with Crippen LogP contribution in [0.3, 0.4) is 0 Å². The van der Waals surface area contributed by atoms with E-state index in [4.69, 9.17) is 15.2 Å². The number of hydrogen-bond donors (Lipinski definition) is 2. The van der Waals surface area contributed by atoms with Gasteiger partial charge in [0.05, 0.1) is 18.7 Å². The molecule has 1 aromatic rings. The second-order valence-corrected chi connectivity index (χ2v) is 6.98. The van der Waals surface area contributed by atoms with Gasteiger partial charge in [0.25, 0.3) is 0 Å². The van der Waals surface area contributed by atoms with Gasteiger partial charge in [-0.1, -0.05) is 18.2 Å². The molecule has 6 heteroatoms. The van der Waals surface area contributed by atoms with E-state index in [1.54, 1.807) is 7.11 Å². The molecular formula is C19H29N3O3. The van der Waals surface area contributed by atoms with Gasteiger partial charge in [0.1, 0.15) is 5.75 Å². The van der Waals surface area contributed by atoms with Crippen LogP contribution in [-0.2, 0) is 9.53 Å². The monoisotopic (exact) mass is 347 g/mol. The van der Waals surface area contributed by atoms with Gasteiger partial charge in [0.15, 0.2) is 0 Å². The predicted molar refractivity (Wildman–Crippen MR) is 96.5 cm³/mol. The second kappa shape index (κ2) is 8.17. The summed E-state index contributed by atoms with van der Waals surface area (Å²) in [6.45, 7) is 3.72. The Hall–Kier alpha value is -1.63. The van der Waals surface area contributed by atoms with E-state index >= 15 is 0 Å². The molecule has 2 heterocycles. The average molecular weight is 347 g/mol. The summed E-state index contributed by atoms with van der Waals surface area (Å²) in [5.41, 5.74) is 6.61. The summed E-state index contributed by atoms with van der Waals surface area (Å²) in [5.74, 6) is 0.789. The smallest absolute Gasteiger partial charge is 0.240 e. The van der Waals surface area contributed by atoms with Gasteiger partial charge in [-0.05, 0) is 44.8 Å². The first kappa shape index (κ1) is 18.2. The lowest BCUT2D eigenvalue weighted by molar-refractivity contribution is -0.130. The molecule has 2 saturated heterocycles. The molecule has 1 unspecified atom stereocenters. The van der Waals surface area contributed by atoms with E-state index in [1.165, 1.54) is 12.8 Å². The Kier molecular flexibility index (Phi) is 5.93. The second-order valence-electron chi connectivity index (χ2n) is 6.98. The molecule has 138 valence electrons. The van der Waals surface area contributed by atoms with Crippen molar-refractivity contribution in [1.82, 2.24) is 10.2 Å². The number of nitrogens with zero attached hydrogens (tertiary/aromatic N) is 1. The van der Waals surface area contributed by atoms with E-state index in [2.05, 4.69) is 16.3 Å². The van der Waals surface area contributed by atoms with Crippen LogP contribution in [-0.4, -0.2) is 56.3 Å². The van der Waals surface area contributed by atoms with Crippen molar-refractivity contribution in [3.05, 3.63) is 29.8 Å². The van der Waals surface area contributed by atoms with E-state index in [-0.39, 0.29) is 11.9 Å². The summed E-state index contributed by atoms with van der Waals surface area (Å²) < 4.78 is 10.9. The molecule has 1 amide bonds. The Labute approximate surface area is 149 Å². The number of para-hydroxylation sites is 1. The standard InChI is InChI=1S/C19H29N3O3/c1-24-17-7-3-2-6-15(17)16(22-10-4-5-11-22)14-21-18(23)19(20)8-12-25-13-9-19/h2-3,6-7,16H,4-5,8-14,20H2,1H3,(H,21,23). The van der Waals surface area contributed by atoms with Crippen LogP contribution in [0.5, 0.6) is 5.75 Å². The van der Waals surface area contributed by atoms with Crippen molar-refractivity contribution in [2.24, 2.45) is 5.73 Å². The zero-order chi connectivity index (χ0) is 17.7. The molecule has 25 heavy (non-hydrogen) atoms. The fourth-order valence-corrected chi connectivity index (χ4v) is 3.76. The molecule has 0 aromatic heterocycles. The van der Waals surface area contributed by atoms with Crippen molar-refractivity contribution in [3.8, 4) is 5.75 Å². The lowest BCUT2D eigenvalue weighted by Crippen LogP contribution is -2.57. The first-order valence-electron chi connectivity index (χ1n) is 9.16. The number of nitrogens with two attached hydrogens (primary N) is 1. The highest BCUT2D eigenvalue weighted by Crippen LogP contribution is 2.31. The number of benzene rings is 1. The van der Waals surface area contributed by atoms with E-state index in [1.807, 2.05) is 18.2 Å². The maximum atomic E-state index is 12.7. The number of amides is 1. The van der Waals surface area contributed by atoms with Crippen molar-refractivity contribution in [3.63, 3.8) is 0 Å². The third kappa shape index (κ3) is 4.14. The zero-order valence-corrected chi connectivity index (χ0v) is 15.0. The molecule has 3 rings (SSSR count). The number of carbonyl (C=O) groups is 1. The fraction of sp³-hybridized carbons (Fsp3) is 0.632. The Bertz CT molecular complexity index is 581. The number of carbonyl (C=O) groups excluding carboxylic acids is 1. The van der Waals surface area contributed by atoms with Crippen molar-refractivity contribution in [2.45, 2.75) is 37.3 Å². The SMILES string of the molecule is COc1ccccc1C(CNC(=O)C1(N)CCOCC1)N1CCCC1. The highest BCUT2D eigenvalue weighted by molar-refractivity contribution is 5.86. The lowest BCUT2D eigenvalue weighted by atomic mass is 9.90. The Morgan fingerprint density at radius 3 is 2.68 bits per heavy atom. The van der Waals surface area contributed by atoms with Crippen LogP contribution in [0.2, 0.25) is 0 Å². The maximum absolute atomic E-state index is 12.7. The average Bonchev–Trinajstić information content (AvgIpc) is 3.17. The van der Waals surface area contributed by atoms with Gasteiger partial charge in [-0.2, -0.15) is 0 Å². The summed E-state index contributed by atoms with van der Waals surface area (Å²) in [6, 6.07) is 8.15. The van der Waals surface area contributed by atoms with Crippen LogP contribution in [0.1, 0.15) is 37.3 Å². The Morgan fingerprint density at radius 2 is 2.00 bits per heavy atom. The van der Waals surface area contributed by atoms with Gasteiger partial charge in [-0.3, -0.25) is 9.69 Å². The number of likely N-dealkylation sites (tertiary alicyclic amines) is 1. The Balaban J connectivity index is 1.73. The van der Waals surface area contributed by atoms with Gasteiger partial charge in [-0.25, -0.2) is 0 Å². The summed E-state index contributed by atoms with van der Waals surface area (Å²) in [6.07, 6.45) is 3.53. The molecule has 1 aromatic carbocycles. The molecule has 2 aliphatic rings. The summed E-state index contributed by atoms with van der Waals surface area (Å²) in [7, 11) is 1.69. The van der Waals surface area contributed by atoms with E-state index in [9.17, 15) is 4.79 Å². The predicted octanol–water partition coefficient (Wildman–Crippen LogP) is 1.46. The van der Waals surface area contributed by atoms with Crippen LogP contribution >= 0.6 is 0 Å². The maximum Gasteiger partial charge on any atom is 0.240 e. The topological polar surface area (TPSA) is 76.8 Å². The molecule has 3 N–H and O–H groups in total. The zero-order valence-electron chi connectivity index (χ0n) is 15.0. The first-order valence-corrected chi connectivity index (χ1v) is 9.16. The Morgan fingerprint density at radius 1 is 1.32 bits per heavy atom. The molecule has 6 nitrogen and oxygen atoms in total. The third-order valence-corrected chi connectivity index (χ3v) is 5.37. The van der Waals surface area contributed by atoms with Crippen molar-refractivity contribution in [2.75, 3.05) is 40.0 Å². The lowest BCUT2D eigenvalue weighted by Gasteiger charge is -2.34. The largest absolute Gasteiger partial charge is 0.496 e. The van der Waals surface area contributed by atoms with Crippen molar-refractivity contribution in [1.29, 1.82) is 0 Å². The number of methoxy groups -OCH3 is 1. The number of rotatable bonds is 6. The molecular weight excluding hydrogens is 318 g/mol. The summed E-state index contributed by atoms with van der Waals surface area (Å²) >= 11 is 0. The molecule has 2 aliphatic heterocycles. The van der Waals surface area contributed by atoms with Crippen LogP contribution in [0.4, 0.5) is 0 Å². The van der Waals surface area contributed by atoms with Gasteiger partial charge in [0, 0.05) is 25.3 Å². The highest BCUT2D eigenvalue weighted by Gasteiger charge is 2.36. The van der Waals surface area contributed by atoms with Crippen LogP contribution in [0.15, 0.2) is 24.3 Å². The van der Waals surface area contributed by atoms with Gasteiger partial charge in [0.2, 0.25) is 5.91 Å². The first-order chi connectivity index (χ1) is 12.1. The number of nitrogens with one attached hydrogen (secondary N) is 1. The van der Waals surface area contributed by atoms with Crippen molar-refractivity contribution >= 4 is 5.91 Å². The summed E-state index contributed by atoms with van der Waals surface area (Å²) in [4.78, 5) is 15.1. The molecule has 2 fully saturated rings. The number of hydrogen-bond acceptors (Lipinski definition) is 5. The van der Waals surface area contributed by atoms with Gasteiger partial charge < -0.3 is 20.5 Å². The fourth-order valence-electron chi connectivity index (χ4n) is 3.76. The summed E-state index contributed by atoms with van der Waals surface area (Å²) in [5, 5.41) is 3.10. The molecule has 0 bridgehead atoms. The van der Waals surface area contributed by atoms with Gasteiger partial charge in [-0.15, -0.1) is 0 Å². The highest BCUT2D eigenvalue weighted by atomic mass is 16.5. The molecule has 1 atom stereocenters. The van der Waals surface area contributed by atoms with Crippen molar-refractivity contribution < 1.29 is 14.3 Å². The minimum atomic E-state index is -0.811. The van der Waals surface area contributed by atoms with Crippen LogP contribution in [0, 0.1) is 0 Å². The quantitative estimate of drug-likeness (QED) is 0.815. The molecule has 0 aliphatic carbocycles. The van der Waals surface area contributed by atoms with E-state index < -0.39 is 5.54 Å². The van der Waals surface area contributed by atoms with Gasteiger partial charge >= 0.3 is 0 Å². The normalized spacial score (nSPS) is 21.7. The molecule has 0 saturated carbocycles. The number of ether oxygens (including phenoxy) is 2.